The van der Waals surface area contributed by atoms with Gasteiger partial charge >= 0.3 is 0 Å². The highest BCUT2D eigenvalue weighted by Gasteiger charge is 2.28. The number of Topliss-reactive ketones (excluding diaryl/α,β-unsaturated/α-hetero) is 1. The Morgan fingerprint density at radius 1 is 0.897 bits per heavy atom. The third-order valence-corrected chi connectivity index (χ3v) is 6.39. The Morgan fingerprint density at radius 2 is 1.48 bits per heavy atom. The number of ketones is 1. The molecule has 3 rings (SSSR count). The summed E-state index contributed by atoms with van der Waals surface area (Å²) in [6.07, 6.45) is 1.37. The lowest BCUT2D eigenvalue weighted by Gasteiger charge is -2.10. The van der Waals surface area contributed by atoms with E-state index < -0.39 is 15.6 Å². The van der Waals surface area contributed by atoms with Crippen LogP contribution in [0.2, 0.25) is 5.02 Å². The van der Waals surface area contributed by atoms with Gasteiger partial charge in [0.25, 0.3) is 0 Å². The van der Waals surface area contributed by atoms with E-state index in [4.69, 9.17) is 16.3 Å². The number of rotatable bonds is 6. The van der Waals surface area contributed by atoms with Crippen molar-refractivity contribution >= 4 is 33.3 Å². The number of sulfone groups is 1. The minimum absolute atomic E-state index is 0.0603. The average Bonchev–Trinajstić information content (AvgIpc) is 2.73. The van der Waals surface area contributed by atoms with E-state index in [1.165, 1.54) is 25.3 Å². The number of ether oxygens (including phenoxy) is 1. The molecule has 0 radical (unpaired) electrons. The Balaban J connectivity index is 2.13. The fourth-order valence-corrected chi connectivity index (χ4v) is 4.23. The summed E-state index contributed by atoms with van der Waals surface area (Å²) >= 11 is 5.92. The molecule has 29 heavy (non-hydrogen) atoms. The van der Waals surface area contributed by atoms with Crippen LogP contribution in [0.5, 0.6) is 5.75 Å². The SMILES string of the molecule is COc1ccc(C(=O)/C(=C/c2ccc(Cl)cc2)S(=O)(=O)c2ccc(C)cc2)cc1. The lowest BCUT2D eigenvalue weighted by Crippen LogP contribution is -2.14. The lowest BCUT2D eigenvalue weighted by molar-refractivity contribution is 0.104. The van der Waals surface area contributed by atoms with E-state index in [1.54, 1.807) is 60.7 Å². The van der Waals surface area contributed by atoms with E-state index in [-0.39, 0.29) is 15.4 Å². The van der Waals surface area contributed by atoms with E-state index in [1.807, 2.05) is 6.92 Å². The molecule has 148 valence electrons. The van der Waals surface area contributed by atoms with Crippen molar-refractivity contribution in [1.29, 1.82) is 0 Å². The molecule has 0 unspecified atom stereocenters. The minimum atomic E-state index is -4.04. The summed E-state index contributed by atoms with van der Waals surface area (Å²) in [4.78, 5) is 12.9. The molecule has 3 aromatic rings. The summed E-state index contributed by atoms with van der Waals surface area (Å²) in [7, 11) is -2.52. The van der Waals surface area contributed by atoms with Crippen LogP contribution >= 0.6 is 11.6 Å². The summed E-state index contributed by atoms with van der Waals surface area (Å²) in [5.74, 6) is -0.0191. The molecular weight excluding hydrogens is 408 g/mol. The summed E-state index contributed by atoms with van der Waals surface area (Å²) in [6, 6.07) is 19.3. The lowest BCUT2D eigenvalue weighted by atomic mass is 10.1. The van der Waals surface area contributed by atoms with E-state index in [2.05, 4.69) is 0 Å². The van der Waals surface area contributed by atoms with Crippen molar-refractivity contribution in [2.45, 2.75) is 11.8 Å². The van der Waals surface area contributed by atoms with Gasteiger partial charge in [0.15, 0.2) is 0 Å². The van der Waals surface area contributed by atoms with Gasteiger partial charge in [-0.05, 0) is 67.1 Å². The Morgan fingerprint density at radius 3 is 2.03 bits per heavy atom. The predicted molar refractivity (Wildman–Crippen MR) is 115 cm³/mol. The van der Waals surface area contributed by atoms with Gasteiger partial charge in [-0.2, -0.15) is 0 Å². The number of aryl methyl sites for hydroxylation is 1. The number of methoxy groups -OCH3 is 1. The zero-order chi connectivity index (χ0) is 21.0. The predicted octanol–water partition coefficient (Wildman–Crippen LogP) is 5.35. The quantitative estimate of drug-likeness (QED) is 0.393. The molecule has 3 aromatic carbocycles. The van der Waals surface area contributed by atoms with Gasteiger partial charge in [-0.1, -0.05) is 41.4 Å². The molecule has 0 aromatic heterocycles. The maximum Gasteiger partial charge on any atom is 0.210 e. The summed E-state index contributed by atoms with van der Waals surface area (Å²) in [5, 5.41) is 0.520. The second-order valence-corrected chi connectivity index (χ2v) is 8.79. The molecule has 0 fully saturated rings. The van der Waals surface area contributed by atoms with Crippen LogP contribution in [0.25, 0.3) is 6.08 Å². The molecule has 0 aliphatic rings. The second-order valence-electron chi connectivity index (χ2n) is 6.43. The maximum atomic E-state index is 13.3. The van der Waals surface area contributed by atoms with E-state index >= 15 is 0 Å². The number of allylic oxidation sites excluding steroid dienone is 1. The van der Waals surface area contributed by atoms with Crippen LogP contribution in [-0.2, 0) is 9.84 Å². The standard InChI is InChI=1S/C23H19ClO4S/c1-16-3-13-21(14-4-16)29(26,27)22(15-17-5-9-19(24)10-6-17)23(25)18-7-11-20(28-2)12-8-18/h3-15H,1-2H3/b22-15-. The molecule has 0 spiro atoms. The molecule has 0 aliphatic carbocycles. The third kappa shape index (κ3) is 4.75. The van der Waals surface area contributed by atoms with Crippen LogP contribution in [-0.4, -0.2) is 21.3 Å². The molecule has 0 bridgehead atoms. The summed E-state index contributed by atoms with van der Waals surface area (Å²) in [5.41, 5.74) is 1.73. The van der Waals surface area contributed by atoms with E-state index in [0.29, 0.717) is 16.3 Å². The number of carbonyl (C=O) groups excluding carboxylic acids is 1. The molecular formula is C23H19ClO4S. The molecule has 0 aliphatic heterocycles. The van der Waals surface area contributed by atoms with Gasteiger partial charge in [0.05, 0.1) is 12.0 Å². The Bertz CT molecular complexity index is 1150. The van der Waals surface area contributed by atoms with Crippen LogP contribution in [0.4, 0.5) is 0 Å². The van der Waals surface area contributed by atoms with Crippen molar-refractivity contribution in [3.8, 4) is 5.75 Å². The van der Waals surface area contributed by atoms with Crippen molar-refractivity contribution in [1.82, 2.24) is 0 Å². The zero-order valence-corrected chi connectivity index (χ0v) is 17.5. The minimum Gasteiger partial charge on any atom is -0.497 e. The van der Waals surface area contributed by atoms with Gasteiger partial charge in [-0.3, -0.25) is 4.79 Å². The molecule has 0 saturated carbocycles. The van der Waals surface area contributed by atoms with Crippen molar-refractivity contribution in [3.05, 3.63) is 99.4 Å². The van der Waals surface area contributed by atoms with Crippen molar-refractivity contribution in [2.75, 3.05) is 7.11 Å². The number of carbonyl (C=O) groups is 1. The Kier molecular flexibility index (Phi) is 6.20. The average molecular weight is 427 g/mol. The smallest absolute Gasteiger partial charge is 0.210 e. The highest BCUT2D eigenvalue weighted by atomic mass is 35.5. The monoisotopic (exact) mass is 426 g/mol. The first kappa shape index (κ1) is 20.8. The largest absolute Gasteiger partial charge is 0.497 e. The molecule has 0 atom stereocenters. The van der Waals surface area contributed by atoms with Crippen molar-refractivity contribution in [3.63, 3.8) is 0 Å². The van der Waals surface area contributed by atoms with E-state index in [9.17, 15) is 13.2 Å². The van der Waals surface area contributed by atoms with Crippen LogP contribution in [0.3, 0.4) is 0 Å². The molecule has 4 nitrogen and oxygen atoms in total. The highest BCUT2D eigenvalue weighted by molar-refractivity contribution is 7.96. The topological polar surface area (TPSA) is 60.4 Å². The number of halogens is 1. The zero-order valence-electron chi connectivity index (χ0n) is 15.9. The Hall–Kier alpha value is -2.89. The fourth-order valence-electron chi connectivity index (χ4n) is 2.70. The molecule has 6 heteroatoms. The van der Waals surface area contributed by atoms with Crippen LogP contribution in [0.15, 0.2) is 82.6 Å². The highest BCUT2D eigenvalue weighted by Crippen LogP contribution is 2.26. The van der Waals surface area contributed by atoms with Gasteiger partial charge in [-0.25, -0.2) is 8.42 Å². The maximum absolute atomic E-state index is 13.3. The first-order valence-corrected chi connectivity index (χ1v) is 10.6. The normalized spacial score (nSPS) is 11.9. The fraction of sp³-hybridized carbons (Fsp3) is 0.0870. The third-order valence-electron chi connectivity index (χ3n) is 4.36. The Labute approximate surface area is 175 Å². The first-order chi connectivity index (χ1) is 13.8. The van der Waals surface area contributed by atoms with Crippen LogP contribution in [0.1, 0.15) is 21.5 Å². The van der Waals surface area contributed by atoms with Gasteiger partial charge < -0.3 is 4.74 Å². The van der Waals surface area contributed by atoms with Crippen LogP contribution in [0, 0.1) is 6.92 Å². The van der Waals surface area contributed by atoms with Gasteiger partial charge in [0, 0.05) is 10.6 Å². The van der Waals surface area contributed by atoms with Gasteiger partial charge in [0.1, 0.15) is 10.7 Å². The molecule has 0 N–H and O–H groups in total. The summed E-state index contributed by atoms with van der Waals surface area (Å²) < 4.78 is 31.7. The van der Waals surface area contributed by atoms with Crippen LogP contribution < -0.4 is 4.74 Å². The van der Waals surface area contributed by atoms with Crippen molar-refractivity contribution < 1.29 is 17.9 Å². The number of hydrogen-bond donors (Lipinski definition) is 0. The second kappa shape index (κ2) is 8.64. The molecule has 0 saturated heterocycles. The van der Waals surface area contributed by atoms with Gasteiger partial charge in [0.2, 0.25) is 15.6 Å². The molecule has 0 heterocycles. The summed E-state index contributed by atoms with van der Waals surface area (Å²) in [6.45, 7) is 1.86. The van der Waals surface area contributed by atoms with E-state index in [0.717, 1.165) is 5.56 Å². The van der Waals surface area contributed by atoms with Crippen molar-refractivity contribution in [2.24, 2.45) is 0 Å². The first-order valence-electron chi connectivity index (χ1n) is 8.79. The number of benzene rings is 3. The number of hydrogen-bond acceptors (Lipinski definition) is 4. The molecule has 0 amide bonds. The van der Waals surface area contributed by atoms with Gasteiger partial charge in [-0.15, -0.1) is 0 Å².